The first-order valence-electron chi connectivity index (χ1n) is 9.67. The van der Waals surface area contributed by atoms with Crippen molar-refractivity contribution in [3.8, 4) is 0 Å². The Labute approximate surface area is 174 Å². The van der Waals surface area contributed by atoms with Crippen molar-refractivity contribution < 1.29 is 19.1 Å². The average Bonchev–Trinajstić information content (AvgIpc) is 2.94. The van der Waals surface area contributed by atoms with Crippen LogP contribution in [0, 0.1) is 11.3 Å². The number of carbonyl (C=O) groups excluding carboxylic acids is 2. The Morgan fingerprint density at radius 1 is 1.07 bits per heavy atom. The summed E-state index contributed by atoms with van der Waals surface area (Å²) in [6.07, 6.45) is 2.00. The molecule has 3 saturated heterocycles. The van der Waals surface area contributed by atoms with Gasteiger partial charge in [-0.05, 0) is 31.0 Å². The Hall–Kier alpha value is -1.34. The quantitative estimate of drug-likeness (QED) is 0.728. The van der Waals surface area contributed by atoms with Crippen molar-refractivity contribution in [1.29, 1.82) is 0 Å². The topological polar surface area (TPSA) is 59.1 Å². The number of carbonyl (C=O) groups is 2. The molecule has 1 spiro atoms. The van der Waals surface area contributed by atoms with E-state index in [1.165, 1.54) is 0 Å². The molecule has 2 amide bonds. The van der Waals surface area contributed by atoms with Gasteiger partial charge in [-0.25, -0.2) is 0 Å². The van der Waals surface area contributed by atoms with Crippen LogP contribution in [0.1, 0.15) is 19.3 Å². The van der Waals surface area contributed by atoms with Gasteiger partial charge < -0.3 is 19.3 Å². The Morgan fingerprint density at radius 2 is 1.79 bits per heavy atom. The van der Waals surface area contributed by atoms with E-state index in [2.05, 4.69) is 0 Å². The number of amides is 2. The molecule has 3 fully saturated rings. The van der Waals surface area contributed by atoms with E-state index in [-0.39, 0.29) is 29.6 Å². The van der Waals surface area contributed by atoms with Gasteiger partial charge in [-0.2, -0.15) is 0 Å². The molecule has 0 saturated carbocycles. The van der Waals surface area contributed by atoms with Gasteiger partial charge in [0.05, 0.1) is 19.1 Å². The number of ether oxygens (including phenoxy) is 2. The van der Waals surface area contributed by atoms with E-state index in [1.807, 2.05) is 4.90 Å². The summed E-state index contributed by atoms with van der Waals surface area (Å²) in [5.74, 6) is -0.413. The van der Waals surface area contributed by atoms with Gasteiger partial charge >= 0.3 is 0 Å². The number of anilines is 1. The third-order valence-corrected chi connectivity index (χ3v) is 6.37. The molecule has 0 bridgehead atoms. The minimum atomic E-state index is -0.361. The van der Waals surface area contributed by atoms with E-state index in [1.54, 1.807) is 23.1 Å². The van der Waals surface area contributed by atoms with E-state index in [0.717, 1.165) is 12.8 Å². The molecule has 0 N–H and O–H groups in total. The van der Waals surface area contributed by atoms with Gasteiger partial charge in [-0.1, -0.05) is 23.2 Å². The molecular weight excluding hydrogens is 403 g/mol. The maximum absolute atomic E-state index is 13.2. The van der Waals surface area contributed by atoms with Crippen molar-refractivity contribution in [3.63, 3.8) is 0 Å². The highest BCUT2D eigenvalue weighted by Crippen LogP contribution is 2.35. The molecule has 0 radical (unpaired) electrons. The Balaban J connectivity index is 1.48. The van der Waals surface area contributed by atoms with Crippen molar-refractivity contribution in [1.82, 2.24) is 4.90 Å². The molecule has 3 heterocycles. The highest BCUT2D eigenvalue weighted by molar-refractivity contribution is 6.35. The van der Waals surface area contributed by atoms with Crippen molar-refractivity contribution in [2.24, 2.45) is 11.3 Å². The number of hydrogen-bond acceptors (Lipinski definition) is 4. The summed E-state index contributed by atoms with van der Waals surface area (Å²) in [4.78, 5) is 29.3. The van der Waals surface area contributed by atoms with Crippen molar-refractivity contribution in [3.05, 3.63) is 28.2 Å². The lowest BCUT2D eigenvalue weighted by molar-refractivity contribution is -0.137. The Bertz CT molecular complexity index is 746. The summed E-state index contributed by atoms with van der Waals surface area (Å²) in [5, 5.41) is 0.937. The van der Waals surface area contributed by atoms with Crippen LogP contribution in [0.2, 0.25) is 10.0 Å². The third-order valence-electron chi connectivity index (χ3n) is 5.94. The highest BCUT2D eigenvalue weighted by atomic mass is 35.5. The van der Waals surface area contributed by atoms with Crippen LogP contribution < -0.4 is 4.90 Å². The summed E-state index contributed by atoms with van der Waals surface area (Å²) >= 11 is 12.2. The lowest BCUT2D eigenvalue weighted by Gasteiger charge is -2.38. The van der Waals surface area contributed by atoms with Gasteiger partial charge in [-0.15, -0.1) is 0 Å². The smallest absolute Gasteiger partial charge is 0.228 e. The molecule has 1 aromatic rings. The zero-order chi connectivity index (χ0) is 19.7. The fourth-order valence-electron chi connectivity index (χ4n) is 4.36. The van der Waals surface area contributed by atoms with Crippen LogP contribution in [-0.4, -0.2) is 62.8 Å². The average molecular weight is 427 g/mol. The molecule has 152 valence electrons. The lowest BCUT2D eigenvalue weighted by Crippen LogP contribution is -2.46. The molecule has 1 unspecified atom stereocenters. The molecule has 1 atom stereocenters. The summed E-state index contributed by atoms with van der Waals surface area (Å²) in [5.41, 5.74) is 0.602. The van der Waals surface area contributed by atoms with Crippen LogP contribution in [-0.2, 0) is 19.1 Å². The number of benzene rings is 1. The molecule has 6 nitrogen and oxygen atoms in total. The number of rotatable bonds is 2. The fraction of sp³-hybridized carbons (Fsp3) is 0.600. The monoisotopic (exact) mass is 426 g/mol. The van der Waals surface area contributed by atoms with Crippen LogP contribution >= 0.6 is 23.2 Å². The second kappa shape index (κ2) is 8.19. The molecule has 3 aliphatic rings. The largest absolute Gasteiger partial charge is 0.381 e. The Morgan fingerprint density at radius 3 is 2.50 bits per heavy atom. The molecule has 1 aromatic carbocycles. The van der Waals surface area contributed by atoms with Gasteiger partial charge in [-0.3, -0.25) is 9.59 Å². The predicted octanol–water partition coefficient (Wildman–Crippen LogP) is 3.00. The summed E-state index contributed by atoms with van der Waals surface area (Å²) < 4.78 is 11.3. The first-order chi connectivity index (χ1) is 13.5. The predicted molar refractivity (Wildman–Crippen MR) is 107 cm³/mol. The van der Waals surface area contributed by atoms with E-state index in [4.69, 9.17) is 32.7 Å². The molecule has 0 aromatic heterocycles. The second-order valence-corrected chi connectivity index (χ2v) is 8.83. The van der Waals surface area contributed by atoms with Crippen molar-refractivity contribution >= 4 is 40.7 Å². The van der Waals surface area contributed by atoms with Crippen molar-refractivity contribution in [2.45, 2.75) is 19.3 Å². The normalized spacial score (nSPS) is 25.2. The summed E-state index contributed by atoms with van der Waals surface area (Å²) in [6.45, 7) is 4.19. The number of hydrogen-bond donors (Lipinski definition) is 0. The van der Waals surface area contributed by atoms with E-state index in [0.29, 0.717) is 61.8 Å². The highest BCUT2D eigenvalue weighted by Gasteiger charge is 2.42. The summed E-state index contributed by atoms with van der Waals surface area (Å²) in [7, 11) is 0. The standard InChI is InChI=1S/C20H24Cl2N2O4/c21-15-8-16(22)10-17(9-15)24-11-14(7-18(24)25)19(26)23-3-6-28-13-20(12-23)1-4-27-5-2-20/h8-10,14H,1-7,11-13H2. The van der Waals surface area contributed by atoms with Crippen LogP contribution in [0.4, 0.5) is 5.69 Å². The van der Waals surface area contributed by atoms with Crippen LogP contribution in [0.25, 0.3) is 0 Å². The Kier molecular flexibility index (Phi) is 5.83. The van der Waals surface area contributed by atoms with Crippen LogP contribution in [0.3, 0.4) is 0 Å². The van der Waals surface area contributed by atoms with E-state index < -0.39 is 0 Å². The molecule has 3 aliphatic heterocycles. The van der Waals surface area contributed by atoms with Crippen LogP contribution in [0.5, 0.6) is 0 Å². The van der Waals surface area contributed by atoms with E-state index >= 15 is 0 Å². The number of halogens is 2. The maximum Gasteiger partial charge on any atom is 0.228 e. The van der Waals surface area contributed by atoms with Crippen LogP contribution in [0.15, 0.2) is 18.2 Å². The zero-order valence-electron chi connectivity index (χ0n) is 15.7. The molecule has 28 heavy (non-hydrogen) atoms. The molecule has 4 rings (SSSR count). The molecule has 0 aliphatic carbocycles. The molecular formula is C20H24Cl2N2O4. The third kappa shape index (κ3) is 4.15. The first-order valence-corrected chi connectivity index (χ1v) is 10.4. The summed E-state index contributed by atoms with van der Waals surface area (Å²) in [6, 6.07) is 5.03. The van der Waals surface area contributed by atoms with E-state index in [9.17, 15) is 9.59 Å². The molecule has 8 heteroatoms. The minimum Gasteiger partial charge on any atom is -0.381 e. The lowest BCUT2D eigenvalue weighted by atomic mass is 9.80. The van der Waals surface area contributed by atoms with Gasteiger partial charge in [0.1, 0.15) is 0 Å². The fourth-order valence-corrected chi connectivity index (χ4v) is 4.88. The minimum absolute atomic E-state index is 0.0281. The second-order valence-electron chi connectivity index (χ2n) is 7.96. The SMILES string of the molecule is O=C(C1CC(=O)N(c2cc(Cl)cc(Cl)c2)C1)N1CCOCC2(CCOCC2)C1. The van der Waals surface area contributed by atoms with Gasteiger partial charge in [0.25, 0.3) is 0 Å². The maximum atomic E-state index is 13.2. The van der Waals surface area contributed by atoms with Gasteiger partial charge in [0, 0.05) is 60.4 Å². The number of nitrogens with zero attached hydrogens (tertiary/aromatic N) is 2. The van der Waals surface area contributed by atoms with Gasteiger partial charge in [0.2, 0.25) is 11.8 Å². The van der Waals surface area contributed by atoms with Crippen molar-refractivity contribution in [2.75, 3.05) is 51.0 Å². The zero-order valence-corrected chi connectivity index (χ0v) is 17.2. The first kappa shape index (κ1) is 20.0. The van der Waals surface area contributed by atoms with Gasteiger partial charge in [0.15, 0.2) is 0 Å².